The summed E-state index contributed by atoms with van der Waals surface area (Å²) in [6.07, 6.45) is 0. The predicted octanol–water partition coefficient (Wildman–Crippen LogP) is 7.67. The molecule has 0 bridgehead atoms. The highest BCUT2D eigenvalue weighted by molar-refractivity contribution is 7.18. The zero-order valence-corrected chi connectivity index (χ0v) is 16.0. The van der Waals surface area contributed by atoms with E-state index in [4.69, 9.17) is 0 Å². The third-order valence-corrected chi connectivity index (χ3v) is 6.40. The number of hydrogen-bond donors (Lipinski definition) is 0. The van der Waals surface area contributed by atoms with E-state index in [9.17, 15) is 0 Å². The van der Waals surface area contributed by atoms with E-state index in [0.717, 1.165) is 0 Å². The summed E-state index contributed by atoms with van der Waals surface area (Å²) in [4.78, 5) is 0. The summed E-state index contributed by atoms with van der Waals surface area (Å²) in [5.41, 5.74) is 6.24. The topological polar surface area (TPSA) is 4.93 Å². The number of nitrogens with zero attached hydrogens (tertiary/aromatic N) is 1. The third kappa shape index (κ3) is 2.25. The zero-order valence-electron chi connectivity index (χ0n) is 15.2. The molecule has 4 aromatic carbocycles. The number of hydrogen-bond acceptors (Lipinski definition) is 1. The molecule has 0 atom stereocenters. The van der Waals surface area contributed by atoms with Crippen molar-refractivity contribution in [3.05, 3.63) is 102 Å². The van der Waals surface area contributed by atoms with Gasteiger partial charge in [-0.25, -0.2) is 0 Å². The van der Waals surface area contributed by atoms with Crippen LogP contribution in [0.15, 0.2) is 102 Å². The smallest absolute Gasteiger partial charge is 0.0719 e. The molecule has 0 N–H and O–H groups in total. The molecule has 2 aromatic heterocycles. The SMILES string of the molecule is c1ccc(-c2cccc(-n3c4ccccc4c4ccc5ccsc5c43)c2)cc1. The van der Waals surface area contributed by atoms with Crippen LogP contribution in [0.4, 0.5) is 0 Å². The Morgan fingerprint density at radius 2 is 1.43 bits per heavy atom. The maximum atomic E-state index is 2.43. The van der Waals surface area contributed by atoms with Crippen molar-refractivity contribution in [3.8, 4) is 16.8 Å². The van der Waals surface area contributed by atoms with E-state index in [1.165, 1.54) is 48.7 Å². The Kier molecular flexibility index (Phi) is 3.40. The van der Waals surface area contributed by atoms with Crippen LogP contribution < -0.4 is 0 Å². The Labute approximate surface area is 167 Å². The first-order valence-electron chi connectivity index (χ1n) is 9.45. The lowest BCUT2D eigenvalue weighted by molar-refractivity contribution is 1.19. The molecule has 28 heavy (non-hydrogen) atoms. The van der Waals surface area contributed by atoms with Crippen LogP contribution in [0.1, 0.15) is 0 Å². The molecule has 0 aliphatic heterocycles. The highest BCUT2D eigenvalue weighted by Gasteiger charge is 2.15. The molecular formula is C26H17NS. The molecule has 0 aliphatic carbocycles. The van der Waals surface area contributed by atoms with Crippen LogP contribution in [0.3, 0.4) is 0 Å². The van der Waals surface area contributed by atoms with Gasteiger partial charge in [-0.3, -0.25) is 0 Å². The van der Waals surface area contributed by atoms with E-state index < -0.39 is 0 Å². The van der Waals surface area contributed by atoms with Gasteiger partial charge in [0.25, 0.3) is 0 Å². The third-order valence-electron chi connectivity index (χ3n) is 5.47. The van der Waals surface area contributed by atoms with Gasteiger partial charge in [-0.2, -0.15) is 0 Å². The van der Waals surface area contributed by atoms with Gasteiger partial charge in [0.1, 0.15) is 0 Å². The van der Waals surface area contributed by atoms with Crippen molar-refractivity contribution >= 4 is 43.2 Å². The molecule has 0 radical (unpaired) electrons. The molecule has 132 valence electrons. The van der Waals surface area contributed by atoms with Gasteiger partial charge in [0.2, 0.25) is 0 Å². The molecule has 0 saturated carbocycles. The van der Waals surface area contributed by atoms with Gasteiger partial charge in [-0.1, -0.05) is 72.8 Å². The summed E-state index contributed by atoms with van der Waals surface area (Å²) in [6, 6.07) is 34.9. The molecule has 1 nitrogen and oxygen atoms in total. The summed E-state index contributed by atoms with van der Waals surface area (Å²) in [5.74, 6) is 0. The lowest BCUT2D eigenvalue weighted by atomic mass is 10.1. The highest BCUT2D eigenvalue weighted by Crippen LogP contribution is 2.38. The number of rotatable bonds is 2. The largest absolute Gasteiger partial charge is 0.308 e. The lowest BCUT2D eigenvalue weighted by Crippen LogP contribution is -1.94. The first-order chi connectivity index (χ1) is 13.9. The minimum atomic E-state index is 1.20. The number of thiophene rings is 1. The van der Waals surface area contributed by atoms with Crippen LogP contribution in [0, 0.1) is 0 Å². The fraction of sp³-hybridized carbons (Fsp3) is 0. The molecule has 0 unspecified atom stereocenters. The van der Waals surface area contributed by atoms with Gasteiger partial charge < -0.3 is 4.57 Å². The monoisotopic (exact) mass is 375 g/mol. The van der Waals surface area contributed by atoms with Crippen molar-refractivity contribution in [2.24, 2.45) is 0 Å². The van der Waals surface area contributed by atoms with E-state index in [2.05, 4.69) is 107 Å². The molecule has 6 aromatic rings. The van der Waals surface area contributed by atoms with Crippen LogP contribution in [0.25, 0.3) is 48.7 Å². The quantitative estimate of drug-likeness (QED) is 0.293. The van der Waals surface area contributed by atoms with Gasteiger partial charge in [-0.05, 0) is 46.2 Å². The molecular weight excluding hydrogens is 358 g/mol. The van der Waals surface area contributed by atoms with Crippen LogP contribution >= 0.6 is 11.3 Å². The second kappa shape index (κ2) is 6.08. The van der Waals surface area contributed by atoms with E-state index in [1.54, 1.807) is 0 Å². The van der Waals surface area contributed by atoms with Crippen LogP contribution in [0.2, 0.25) is 0 Å². The van der Waals surface area contributed by atoms with Crippen molar-refractivity contribution in [2.75, 3.05) is 0 Å². The number of benzene rings is 4. The molecule has 6 rings (SSSR count). The number of aromatic nitrogens is 1. The van der Waals surface area contributed by atoms with Crippen molar-refractivity contribution in [2.45, 2.75) is 0 Å². The second-order valence-electron chi connectivity index (χ2n) is 7.07. The van der Waals surface area contributed by atoms with Crippen molar-refractivity contribution in [3.63, 3.8) is 0 Å². The summed E-state index contributed by atoms with van der Waals surface area (Å²) in [5, 5.41) is 6.11. The predicted molar refractivity (Wildman–Crippen MR) is 122 cm³/mol. The fourth-order valence-corrected chi connectivity index (χ4v) is 5.13. The number of fused-ring (bicyclic) bond motifs is 5. The molecule has 2 heteroatoms. The first-order valence-corrected chi connectivity index (χ1v) is 10.3. The van der Waals surface area contributed by atoms with E-state index >= 15 is 0 Å². The highest BCUT2D eigenvalue weighted by atomic mass is 32.1. The van der Waals surface area contributed by atoms with Gasteiger partial charge in [0, 0.05) is 16.5 Å². The molecule has 0 spiro atoms. The van der Waals surface area contributed by atoms with Gasteiger partial charge in [-0.15, -0.1) is 11.3 Å². The molecule has 0 aliphatic rings. The number of para-hydroxylation sites is 1. The Morgan fingerprint density at radius 3 is 2.36 bits per heavy atom. The van der Waals surface area contributed by atoms with Crippen molar-refractivity contribution < 1.29 is 0 Å². The van der Waals surface area contributed by atoms with Crippen LogP contribution in [-0.4, -0.2) is 4.57 Å². The Morgan fingerprint density at radius 1 is 0.607 bits per heavy atom. The molecule has 0 fully saturated rings. The summed E-state index contributed by atoms with van der Waals surface area (Å²) in [6.45, 7) is 0. The molecule has 0 saturated heterocycles. The summed E-state index contributed by atoms with van der Waals surface area (Å²) in [7, 11) is 0. The normalized spacial score (nSPS) is 11.6. The van der Waals surface area contributed by atoms with Crippen LogP contribution in [0.5, 0.6) is 0 Å². The van der Waals surface area contributed by atoms with Gasteiger partial charge in [0.15, 0.2) is 0 Å². The van der Waals surface area contributed by atoms with E-state index in [1.807, 2.05) is 11.3 Å². The molecule has 0 amide bonds. The first kappa shape index (κ1) is 15.7. The van der Waals surface area contributed by atoms with Crippen molar-refractivity contribution in [1.82, 2.24) is 4.57 Å². The van der Waals surface area contributed by atoms with Gasteiger partial charge >= 0.3 is 0 Å². The average molecular weight is 375 g/mol. The van der Waals surface area contributed by atoms with Gasteiger partial charge in [0.05, 0.1) is 15.7 Å². The van der Waals surface area contributed by atoms with Crippen molar-refractivity contribution in [1.29, 1.82) is 0 Å². The van der Waals surface area contributed by atoms with Crippen LogP contribution in [-0.2, 0) is 0 Å². The molecule has 2 heterocycles. The Hall–Kier alpha value is -3.36. The average Bonchev–Trinajstić information content (AvgIpc) is 3.37. The fourth-order valence-electron chi connectivity index (χ4n) is 4.20. The summed E-state index contributed by atoms with van der Waals surface area (Å²) < 4.78 is 3.77. The van der Waals surface area contributed by atoms with E-state index in [0.29, 0.717) is 0 Å². The Balaban J connectivity index is 1.73. The Bertz CT molecular complexity index is 1450. The lowest BCUT2D eigenvalue weighted by Gasteiger charge is -2.11. The van der Waals surface area contributed by atoms with E-state index in [-0.39, 0.29) is 0 Å². The minimum Gasteiger partial charge on any atom is -0.308 e. The second-order valence-corrected chi connectivity index (χ2v) is 7.99. The summed E-state index contributed by atoms with van der Waals surface area (Å²) >= 11 is 1.82. The zero-order chi connectivity index (χ0) is 18.5. The standard InChI is InChI=1S/C26H17NS/c1-2-7-18(8-3-1)20-9-6-10-21(17-20)27-24-12-5-4-11-22(24)23-14-13-19-15-16-28-26(19)25(23)27/h1-17H. The maximum absolute atomic E-state index is 2.43. The maximum Gasteiger partial charge on any atom is 0.0719 e. The minimum absolute atomic E-state index is 1.20.